The van der Waals surface area contributed by atoms with Gasteiger partial charge < -0.3 is 5.48 Å². The van der Waals surface area contributed by atoms with E-state index in [1.165, 1.54) is 95.5 Å². The molecule has 0 spiro atoms. The first kappa shape index (κ1) is 26.6. The molecule has 1 aromatic rings. The van der Waals surface area contributed by atoms with E-state index >= 15 is 0 Å². The third-order valence-corrected chi connectivity index (χ3v) is 7.08. The molecule has 0 aliphatic heterocycles. The van der Waals surface area contributed by atoms with Crippen molar-refractivity contribution in [1.82, 2.24) is 0 Å². The zero-order valence-electron chi connectivity index (χ0n) is 18.4. The van der Waals surface area contributed by atoms with E-state index in [0.29, 0.717) is 5.16 Å². The van der Waals surface area contributed by atoms with Crippen LogP contribution in [0.1, 0.15) is 110 Å². The van der Waals surface area contributed by atoms with Gasteiger partial charge in [0.1, 0.15) is 0 Å². The summed E-state index contributed by atoms with van der Waals surface area (Å²) in [7, 11) is 3.37. The Morgan fingerprint density at radius 1 is 0.741 bits per heavy atom. The lowest BCUT2D eigenvalue weighted by Crippen LogP contribution is -2.33. The molecule has 0 aliphatic carbocycles. The van der Waals surface area contributed by atoms with Gasteiger partial charge in [0, 0.05) is 0 Å². The molecule has 27 heavy (non-hydrogen) atoms. The molecule has 0 aromatic heterocycles. The van der Waals surface area contributed by atoms with Gasteiger partial charge in [-0.05, 0) is 42.3 Å². The van der Waals surface area contributed by atoms with Crippen molar-refractivity contribution in [1.29, 1.82) is 0 Å². The van der Waals surface area contributed by atoms with Gasteiger partial charge in [-0.15, -0.1) is 9.24 Å². The van der Waals surface area contributed by atoms with Gasteiger partial charge in [0.25, 0.3) is 0 Å². The van der Waals surface area contributed by atoms with Crippen molar-refractivity contribution in [2.45, 2.75) is 116 Å². The van der Waals surface area contributed by atoms with Crippen molar-refractivity contribution in [3.05, 3.63) is 35.9 Å². The van der Waals surface area contributed by atoms with Crippen LogP contribution in [0.3, 0.4) is 0 Å². The largest absolute Gasteiger partial charge is 0.412 e. The first-order valence-electron chi connectivity index (χ1n) is 11.5. The van der Waals surface area contributed by atoms with E-state index in [9.17, 15) is 0 Å². The van der Waals surface area contributed by atoms with Gasteiger partial charge in [0.05, 0.1) is 0 Å². The van der Waals surface area contributed by atoms with Crippen LogP contribution in [0.15, 0.2) is 30.3 Å². The summed E-state index contributed by atoms with van der Waals surface area (Å²) in [5.74, 6) is 0.805. The smallest absolute Gasteiger partial charge is 0.0119 e. The van der Waals surface area contributed by atoms with Crippen LogP contribution in [0.25, 0.3) is 0 Å². The maximum atomic E-state index is 3.37. The van der Waals surface area contributed by atoms with Crippen molar-refractivity contribution in [3.8, 4) is 0 Å². The molecule has 0 radical (unpaired) electrons. The van der Waals surface area contributed by atoms with Gasteiger partial charge in [-0.3, -0.25) is 0 Å². The average Bonchev–Trinajstić information content (AvgIpc) is 2.67. The molecule has 0 fully saturated rings. The van der Waals surface area contributed by atoms with E-state index in [1.54, 1.807) is 0 Å². The fourth-order valence-electron chi connectivity index (χ4n) is 4.21. The summed E-state index contributed by atoms with van der Waals surface area (Å²) in [5.41, 5.74) is 1.53. The summed E-state index contributed by atoms with van der Waals surface area (Å²) >= 11 is 0. The standard InChI is InChI=1S/C25H45P.H2O/c1-4-7-10-11-12-16-19-24(22-23-17-14-13-15-18-23)25(26,20-8-5-2)21-9-6-3;/h13-15,17-18,24H,4-12,16,19-22,26H2,1-3H3;1H2. The second-order valence-corrected chi connectivity index (χ2v) is 9.53. The molecule has 0 aliphatic rings. The highest BCUT2D eigenvalue weighted by molar-refractivity contribution is 7.19. The zero-order valence-corrected chi connectivity index (χ0v) is 19.6. The Balaban J connectivity index is 0.00000676. The summed E-state index contributed by atoms with van der Waals surface area (Å²) in [6.07, 6.45) is 19.2. The number of hydrogen-bond acceptors (Lipinski definition) is 0. The monoisotopic (exact) mass is 394 g/mol. The summed E-state index contributed by atoms with van der Waals surface area (Å²) in [5, 5.41) is 0.436. The number of rotatable bonds is 16. The molecular formula is C25H47OP. The van der Waals surface area contributed by atoms with Crippen LogP contribution in [0, 0.1) is 5.92 Å². The molecule has 1 rings (SSSR count). The Morgan fingerprint density at radius 2 is 1.26 bits per heavy atom. The lowest BCUT2D eigenvalue weighted by Gasteiger charge is -2.39. The van der Waals surface area contributed by atoms with Crippen molar-refractivity contribution in [3.63, 3.8) is 0 Å². The van der Waals surface area contributed by atoms with E-state index in [0.717, 1.165) is 5.92 Å². The molecular weight excluding hydrogens is 347 g/mol. The van der Waals surface area contributed by atoms with E-state index in [-0.39, 0.29) is 5.48 Å². The van der Waals surface area contributed by atoms with Crippen LogP contribution in [0.5, 0.6) is 0 Å². The number of unbranched alkanes of at least 4 members (excludes halogenated alkanes) is 7. The van der Waals surface area contributed by atoms with Crippen LogP contribution < -0.4 is 0 Å². The molecule has 0 heterocycles. The third-order valence-electron chi connectivity index (χ3n) is 6.04. The van der Waals surface area contributed by atoms with Gasteiger partial charge in [-0.25, -0.2) is 0 Å². The van der Waals surface area contributed by atoms with Crippen LogP contribution in [-0.2, 0) is 6.42 Å². The van der Waals surface area contributed by atoms with Crippen LogP contribution in [0.2, 0.25) is 0 Å². The first-order valence-corrected chi connectivity index (χ1v) is 12.1. The van der Waals surface area contributed by atoms with E-state index in [4.69, 9.17) is 0 Å². The topological polar surface area (TPSA) is 31.5 Å². The third kappa shape index (κ3) is 11.3. The normalized spacial score (nSPS) is 12.6. The molecule has 1 aromatic carbocycles. The minimum absolute atomic E-state index is 0. The Bertz CT molecular complexity index is 423. The Morgan fingerprint density at radius 3 is 1.81 bits per heavy atom. The van der Waals surface area contributed by atoms with Crippen LogP contribution in [-0.4, -0.2) is 10.6 Å². The second-order valence-electron chi connectivity index (χ2n) is 8.38. The Hall–Kier alpha value is -0.390. The lowest BCUT2D eigenvalue weighted by molar-refractivity contribution is 0.293. The number of benzene rings is 1. The maximum absolute atomic E-state index is 3.37. The van der Waals surface area contributed by atoms with Crippen molar-refractivity contribution < 1.29 is 5.48 Å². The molecule has 2 N–H and O–H groups in total. The lowest BCUT2D eigenvalue weighted by atomic mass is 9.77. The zero-order chi connectivity index (χ0) is 19.1. The highest BCUT2D eigenvalue weighted by atomic mass is 31.0. The average molecular weight is 395 g/mol. The highest BCUT2D eigenvalue weighted by Gasteiger charge is 2.32. The predicted molar refractivity (Wildman–Crippen MR) is 127 cm³/mol. The molecule has 2 atom stereocenters. The molecule has 2 heteroatoms. The second kappa shape index (κ2) is 16.6. The van der Waals surface area contributed by atoms with Gasteiger partial charge in [0.15, 0.2) is 0 Å². The fourth-order valence-corrected chi connectivity index (χ4v) is 4.90. The highest BCUT2D eigenvalue weighted by Crippen LogP contribution is 2.42. The van der Waals surface area contributed by atoms with Crippen molar-refractivity contribution in [2.24, 2.45) is 5.92 Å². The predicted octanol–water partition coefficient (Wildman–Crippen LogP) is 7.77. The summed E-state index contributed by atoms with van der Waals surface area (Å²) in [6.45, 7) is 6.98. The van der Waals surface area contributed by atoms with Gasteiger partial charge >= 0.3 is 0 Å². The molecule has 0 saturated carbocycles. The Labute approximate surface area is 172 Å². The Kier molecular flexibility index (Phi) is 16.3. The van der Waals surface area contributed by atoms with E-state index in [2.05, 4.69) is 60.3 Å². The molecule has 1 nitrogen and oxygen atoms in total. The van der Waals surface area contributed by atoms with E-state index < -0.39 is 0 Å². The molecule has 2 unspecified atom stereocenters. The molecule has 0 saturated heterocycles. The van der Waals surface area contributed by atoms with Crippen molar-refractivity contribution >= 4 is 9.24 Å². The number of hydrogen-bond donors (Lipinski definition) is 0. The first-order chi connectivity index (χ1) is 12.7. The maximum Gasteiger partial charge on any atom is -0.0119 e. The quantitative estimate of drug-likeness (QED) is 0.203. The minimum atomic E-state index is 0. The molecule has 0 bridgehead atoms. The van der Waals surface area contributed by atoms with Crippen molar-refractivity contribution in [2.75, 3.05) is 0 Å². The molecule has 158 valence electrons. The summed E-state index contributed by atoms with van der Waals surface area (Å²) in [4.78, 5) is 0. The van der Waals surface area contributed by atoms with Gasteiger partial charge in [-0.2, -0.15) is 0 Å². The van der Waals surface area contributed by atoms with E-state index in [1.807, 2.05) is 0 Å². The summed E-state index contributed by atoms with van der Waals surface area (Å²) in [6, 6.07) is 11.2. The van der Waals surface area contributed by atoms with Crippen LogP contribution in [0.4, 0.5) is 0 Å². The summed E-state index contributed by atoms with van der Waals surface area (Å²) < 4.78 is 0. The fraction of sp³-hybridized carbons (Fsp3) is 0.760. The van der Waals surface area contributed by atoms with Crippen LogP contribution >= 0.6 is 9.24 Å². The van der Waals surface area contributed by atoms with Gasteiger partial charge in [0.2, 0.25) is 0 Å². The SMILES string of the molecule is CCCCCCCCC(Cc1ccccc1)C(P)(CCCC)CCCC.O. The molecule has 0 amide bonds. The minimum Gasteiger partial charge on any atom is -0.412 e. The van der Waals surface area contributed by atoms with Gasteiger partial charge in [-0.1, -0.05) is 115 Å².